The van der Waals surface area contributed by atoms with Crippen molar-refractivity contribution in [1.82, 2.24) is 20.4 Å². The van der Waals surface area contributed by atoms with Crippen molar-refractivity contribution in [3.05, 3.63) is 24.3 Å². The number of hydrazine groups is 1. The summed E-state index contributed by atoms with van der Waals surface area (Å²) in [7, 11) is 0. The summed E-state index contributed by atoms with van der Waals surface area (Å²) in [6.45, 7) is 1.90. The summed E-state index contributed by atoms with van der Waals surface area (Å²) in [5, 5.41) is 7.98. The zero-order valence-electron chi connectivity index (χ0n) is 8.92. The fraction of sp³-hybridized carbons (Fsp3) is 0.300. The van der Waals surface area contributed by atoms with Crippen molar-refractivity contribution >= 4 is 16.9 Å². The summed E-state index contributed by atoms with van der Waals surface area (Å²) in [5.74, 6) is 4.87. The van der Waals surface area contributed by atoms with E-state index in [1.807, 2.05) is 31.2 Å². The maximum Gasteiger partial charge on any atom is 0.258 e. The maximum absolute atomic E-state index is 11.6. The third-order valence-corrected chi connectivity index (χ3v) is 2.50. The van der Waals surface area contributed by atoms with Gasteiger partial charge < -0.3 is 0 Å². The Bertz CT molecular complexity index is 507. The van der Waals surface area contributed by atoms with E-state index in [1.54, 1.807) is 4.68 Å². The molecule has 0 radical (unpaired) electrons. The number of nitrogens with two attached hydrogens (primary N) is 1. The van der Waals surface area contributed by atoms with E-state index >= 15 is 0 Å². The number of carbonyl (C=O) groups excluding carboxylic acids is 1. The standard InChI is InChI=1S/C10H13N5O/c1-2-8(10(16)12-11)15-9-6-4-3-5-7(9)13-14-15/h3-6,8H,2,11H2,1H3,(H,12,16). The van der Waals surface area contributed by atoms with Gasteiger partial charge in [0, 0.05) is 0 Å². The molecule has 1 atom stereocenters. The number of hydrogen-bond acceptors (Lipinski definition) is 4. The Morgan fingerprint density at radius 1 is 1.56 bits per heavy atom. The number of benzene rings is 1. The highest BCUT2D eigenvalue weighted by Gasteiger charge is 2.20. The predicted octanol–water partition coefficient (Wildman–Crippen LogP) is 0.372. The third kappa shape index (κ3) is 1.63. The summed E-state index contributed by atoms with van der Waals surface area (Å²) >= 11 is 0. The molecule has 0 saturated heterocycles. The lowest BCUT2D eigenvalue weighted by molar-refractivity contribution is -0.124. The van der Waals surface area contributed by atoms with Gasteiger partial charge in [0.1, 0.15) is 11.6 Å². The number of aromatic nitrogens is 3. The van der Waals surface area contributed by atoms with Gasteiger partial charge in [0.25, 0.3) is 5.91 Å². The average molecular weight is 219 g/mol. The Morgan fingerprint density at radius 2 is 2.31 bits per heavy atom. The van der Waals surface area contributed by atoms with Crippen molar-refractivity contribution in [3.63, 3.8) is 0 Å². The van der Waals surface area contributed by atoms with Crippen LogP contribution in [0.5, 0.6) is 0 Å². The number of nitrogens with one attached hydrogen (secondary N) is 1. The highest BCUT2D eigenvalue weighted by atomic mass is 16.2. The summed E-state index contributed by atoms with van der Waals surface area (Å²) in [6, 6.07) is 7.08. The summed E-state index contributed by atoms with van der Waals surface area (Å²) in [5.41, 5.74) is 3.74. The van der Waals surface area contributed by atoms with Gasteiger partial charge in [-0.25, -0.2) is 10.5 Å². The van der Waals surface area contributed by atoms with E-state index in [1.165, 1.54) is 0 Å². The zero-order chi connectivity index (χ0) is 11.5. The summed E-state index contributed by atoms with van der Waals surface area (Å²) in [6.07, 6.45) is 0.608. The largest absolute Gasteiger partial charge is 0.292 e. The van der Waals surface area contributed by atoms with Crippen LogP contribution in [0.4, 0.5) is 0 Å². The van der Waals surface area contributed by atoms with Crippen molar-refractivity contribution in [1.29, 1.82) is 0 Å². The van der Waals surface area contributed by atoms with Crippen LogP contribution in [0, 0.1) is 0 Å². The topological polar surface area (TPSA) is 85.8 Å². The zero-order valence-corrected chi connectivity index (χ0v) is 8.92. The molecule has 0 saturated carbocycles. The average Bonchev–Trinajstić information content (AvgIpc) is 2.74. The summed E-state index contributed by atoms with van der Waals surface area (Å²) < 4.78 is 1.59. The second-order valence-corrected chi connectivity index (χ2v) is 3.46. The molecule has 1 unspecified atom stereocenters. The number of hydrogen-bond donors (Lipinski definition) is 2. The third-order valence-electron chi connectivity index (χ3n) is 2.50. The number of nitrogens with zero attached hydrogens (tertiary/aromatic N) is 3. The van der Waals surface area contributed by atoms with Crippen LogP contribution in [0.15, 0.2) is 24.3 Å². The van der Waals surface area contributed by atoms with Crippen molar-refractivity contribution < 1.29 is 4.79 Å². The molecular weight excluding hydrogens is 206 g/mol. The van der Waals surface area contributed by atoms with E-state index in [0.717, 1.165) is 11.0 Å². The van der Waals surface area contributed by atoms with Gasteiger partial charge in [0.05, 0.1) is 5.52 Å². The second kappa shape index (κ2) is 4.28. The van der Waals surface area contributed by atoms with Crippen LogP contribution in [0.25, 0.3) is 11.0 Å². The molecule has 1 aromatic carbocycles. The Labute approximate surface area is 92.4 Å². The molecule has 1 aromatic heterocycles. The van der Waals surface area contributed by atoms with Crippen molar-refractivity contribution in [2.24, 2.45) is 5.84 Å². The molecule has 1 amide bonds. The van der Waals surface area contributed by atoms with E-state index in [4.69, 9.17) is 5.84 Å². The minimum absolute atomic E-state index is 0.266. The van der Waals surface area contributed by atoms with Gasteiger partial charge in [0.2, 0.25) is 0 Å². The quantitative estimate of drug-likeness (QED) is 0.443. The first-order valence-electron chi connectivity index (χ1n) is 5.08. The van der Waals surface area contributed by atoms with Crippen molar-refractivity contribution in [3.8, 4) is 0 Å². The van der Waals surface area contributed by atoms with Crippen LogP contribution in [0.2, 0.25) is 0 Å². The Balaban J connectivity index is 2.49. The SMILES string of the molecule is CCC(C(=O)NN)n1nnc2ccccc21. The molecular formula is C10H13N5O. The van der Waals surface area contributed by atoms with Crippen molar-refractivity contribution in [2.75, 3.05) is 0 Å². The lowest BCUT2D eigenvalue weighted by Gasteiger charge is -2.13. The molecule has 84 valence electrons. The van der Waals surface area contributed by atoms with Crippen LogP contribution in [0.1, 0.15) is 19.4 Å². The number of carbonyl (C=O) groups is 1. The van der Waals surface area contributed by atoms with Crippen LogP contribution in [-0.2, 0) is 4.79 Å². The molecule has 0 aliphatic carbocycles. The predicted molar refractivity (Wildman–Crippen MR) is 59.2 cm³/mol. The van der Waals surface area contributed by atoms with E-state index < -0.39 is 6.04 Å². The molecule has 2 aromatic rings. The van der Waals surface area contributed by atoms with Gasteiger partial charge in [-0.3, -0.25) is 10.2 Å². The van der Waals surface area contributed by atoms with Gasteiger partial charge in [-0.1, -0.05) is 24.3 Å². The lowest BCUT2D eigenvalue weighted by atomic mass is 10.2. The molecule has 0 aliphatic heterocycles. The first-order chi connectivity index (χ1) is 7.77. The molecule has 6 heteroatoms. The van der Waals surface area contributed by atoms with Gasteiger partial charge in [-0.05, 0) is 18.6 Å². The van der Waals surface area contributed by atoms with Crippen LogP contribution < -0.4 is 11.3 Å². The van der Waals surface area contributed by atoms with Gasteiger partial charge in [-0.2, -0.15) is 0 Å². The molecule has 0 aliphatic rings. The highest BCUT2D eigenvalue weighted by molar-refractivity contribution is 5.82. The molecule has 6 nitrogen and oxygen atoms in total. The molecule has 0 spiro atoms. The maximum atomic E-state index is 11.6. The Morgan fingerprint density at radius 3 is 3.00 bits per heavy atom. The van der Waals surface area contributed by atoms with Crippen LogP contribution in [0.3, 0.4) is 0 Å². The Kier molecular flexibility index (Phi) is 2.82. The second-order valence-electron chi connectivity index (χ2n) is 3.46. The number of para-hydroxylation sites is 1. The van der Waals surface area contributed by atoms with E-state index in [2.05, 4.69) is 15.7 Å². The van der Waals surface area contributed by atoms with Gasteiger partial charge in [0.15, 0.2) is 0 Å². The minimum atomic E-state index is -0.419. The molecule has 2 rings (SSSR count). The van der Waals surface area contributed by atoms with Gasteiger partial charge >= 0.3 is 0 Å². The first-order valence-corrected chi connectivity index (χ1v) is 5.08. The van der Waals surface area contributed by atoms with Crippen molar-refractivity contribution in [2.45, 2.75) is 19.4 Å². The molecule has 0 bridgehead atoms. The van der Waals surface area contributed by atoms with Gasteiger partial charge in [-0.15, -0.1) is 5.10 Å². The normalized spacial score (nSPS) is 12.6. The number of rotatable bonds is 3. The molecule has 1 heterocycles. The van der Waals surface area contributed by atoms with E-state index in [0.29, 0.717) is 6.42 Å². The number of amides is 1. The number of fused-ring (bicyclic) bond motifs is 1. The minimum Gasteiger partial charge on any atom is -0.292 e. The smallest absolute Gasteiger partial charge is 0.258 e. The molecule has 3 N–H and O–H groups in total. The van der Waals surface area contributed by atoms with Crippen LogP contribution in [-0.4, -0.2) is 20.9 Å². The highest BCUT2D eigenvalue weighted by Crippen LogP contribution is 2.17. The van der Waals surface area contributed by atoms with E-state index in [9.17, 15) is 4.79 Å². The van der Waals surface area contributed by atoms with Crippen LogP contribution >= 0.6 is 0 Å². The molecule has 0 fully saturated rings. The molecule has 16 heavy (non-hydrogen) atoms. The first kappa shape index (κ1) is 10.6. The lowest BCUT2D eigenvalue weighted by Crippen LogP contribution is -2.37. The monoisotopic (exact) mass is 219 g/mol. The fourth-order valence-corrected chi connectivity index (χ4v) is 1.68. The summed E-state index contributed by atoms with van der Waals surface area (Å²) in [4.78, 5) is 11.6. The fourth-order valence-electron chi connectivity index (χ4n) is 1.68. The Hall–Kier alpha value is -1.95. The van der Waals surface area contributed by atoms with E-state index in [-0.39, 0.29) is 5.91 Å².